The summed E-state index contributed by atoms with van der Waals surface area (Å²) < 4.78 is 0. The molecule has 1 aliphatic rings. The molecule has 0 aliphatic carbocycles. The van der Waals surface area contributed by atoms with Crippen molar-refractivity contribution in [1.82, 2.24) is 10.2 Å². The van der Waals surface area contributed by atoms with Crippen LogP contribution in [-0.4, -0.2) is 46.8 Å². The van der Waals surface area contributed by atoms with Crippen molar-refractivity contribution in [2.24, 2.45) is 17.3 Å². The molecule has 3 amide bonds. The molecule has 0 aromatic rings. The Hall–Kier alpha value is -2.31. The fraction of sp³-hybridized carbons (Fsp3) is 0.696. The quantitative estimate of drug-likeness (QED) is 0.386. The number of amides is 3. The Kier molecular flexibility index (Phi) is 9.59. The van der Waals surface area contributed by atoms with E-state index in [0.29, 0.717) is 25.8 Å². The van der Waals surface area contributed by atoms with E-state index in [1.807, 2.05) is 34.6 Å². The summed E-state index contributed by atoms with van der Waals surface area (Å²) in [4.78, 5) is 61.5. The molecule has 30 heavy (non-hydrogen) atoms. The normalized spacial score (nSPS) is 16.2. The summed E-state index contributed by atoms with van der Waals surface area (Å²) in [6.45, 7) is 11.3. The highest BCUT2D eigenvalue weighted by Gasteiger charge is 2.31. The number of hydrogen-bond donors (Lipinski definition) is 1. The second kappa shape index (κ2) is 11.2. The predicted octanol–water partition coefficient (Wildman–Crippen LogP) is 2.82. The van der Waals surface area contributed by atoms with Crippen molar-refractivity contribution in [2.75, 3.05) is 6.54 Å². The second-order valence-electron chi connectivity index (χ2n) is 9.41. The highest BCUT2D eigenvalue weighted by Crippen LogP contribution is 2.20. The van der Waals surface area contributed by atoms with Gasteiger partial charge in [-0.15, -0.1) is 0 Å². The van der Waals surface area contributed by atoms with E-state index in [0.717, 1.165) is 6.42 Å². The van der Waals surface area contributed by atoms with Gasteiger partial charge < -0.3 is 5.32 Å². The number of nitrogens with zero attached hydrogens (tertiary/aromatic N) is 1. The molecule has 168 valence electrons. The van der Waals surface area contributed by atoms with Crippen LogP contribution in [0.4, 0.5) is 0 Å². The Labute approximate surface area is 179 Å². The van der Waals surface area contributed by atoms with Crippen molar-refractivity contribution in [3.8, 4) is 0 Å². The first-order chi connectivity index (χ1) is 13.8. The lowest BCUT2D eigenvalue weighted by atomic mass is 9.85. The molecule has 1 heterocycles. The van der Waals surface area contributed by atoms with Crippen LogP contribution < -0.4 is 5.32 Å². The number of nitrogens with one attached hydrogen (secondary N) is 1. The Morgan fingerprint density at radius 2 is 1.53 bits per heavy atom. The molecule has 2 atom stereocenters. The molecule has 7 nitrogen and oxygen atoms in total. The molecule has 1 rings (SSSR count). The number of rotatable bonds is 12. The lowest BCUT2D eigenvalue weighted by Crippen LogP contribution is -2.46. The maximum absolute atomic E-state index is 12.7. The summed E-state index contributed by atoms with van der Waals surface area (Å²) in [5.41, 5.74) is -0.545. The van der Waals surface area contributed by atoms with Crippen LogP contribution in [-0.2, 0) is 24.0 Å². The second-order valence-corrected chi connectivity index (χ2v) is 9.41. The molecule has 1 N–H and O–H groups in total. The summed E-state index contributed by atoms with van der Waals surface area (Å²) in [6.07, 6.45) is 5.04. The zero-order valence-corrected chi connectivity index (χ0v) is 19.1. The average Bonchev–Trinajstić information content (AvgIpc) is 2.95. The van der Waals surface area contributed by atoms with Crippen LogP contribution in [0.25, 0.3) is 0 Å². The summed E-state index contributed by atoms with van der Waals surface area (Å²) in [5.74, 6) is -1.38. The van der Waals surface area contributed by atoms with Crippen molar-refractivity contribution in [3.63, 3.8) is 0 Å². The molecular weight excluding hydrogens is 384 g/mol. The van der Waals surface area contributed by atoms with Crippen LogP contribution in [0.15, 0.2) is 12.2 Å². The van der Waals surface area contributed by atoms with Gasteiger partial charge in [-0.2, -0.15) is 0 Å². The van der Waals surface area contributed by atoms with E-state index < -0.39 is 17.4 Å². The summed E-state index contributed by atoms with van der Waals surface area (Å²) in [6, 6.07) is -0.598. The molecule has 0 aromatic carbocycles. The van der Waals surface area contributed by atoms with Gasteiger partial charge >= 0.3 is 0 Å². The number of carbonyl (C=O) groups excluding carboxylic acids is 5. The standard InChI is InChI=1S/C23H36N2O5/c1-15(2)18(22(30)24-16(3)21(29)23(4,5)6)14-17(26)10-8-7-9-13-25-19(27)11-12-20(25)28/h11-12,15-16,18H,7-10,13-14H2,1-6H3,(H,24,30). The number of hydrogen-bond acceptors (Lipinski definition) is 5. The topological polar surface area (TPSA) is 101 Å². The lowest BCUT2D eigenvalue weighted by molar-refractivity contribution is -0.137. The Morgan fingerprint density at radius 1 is 0.967 bits per heavy atom. The van der Waals surface area contributed by atoms with E-state index in [4.69, 9.17) is 0 Å². The Bertz CT molecular complexity index is 685. The van der Waals surface area contributed by atoms with E-state index in [2.05, 4.69) is 5.32 Å². The fourth-order valence-electron chi connectivity index (χ4n) is 3.43. The van der Waals surface area contributed by atoms with E-state index in [1.54, 1.807) is 6.92 Å². The molecule has 0 fully saturated rings. The molecule has 1 aliphatic heterocycles. The first-order valence-electron chi connectivity index (χ1n) is 10.7. The number of Topliss-reactive ketones (excluding diaryl/α,β-unsaturated/α-hetero) is 2. The van der Waals surface area contributed by atoms with Crippen LogP contribution >= 0.6 is 0 Å². The Morgan fingerprint density at radius 3 is 2.03 bits per heavy atom. The first-order valence-corrected chi connectivity index (χ1v) is 10.7. The minimum atomic E-state index is -0.598. The molecule has 0 spiro atoms. The fourth-order valence-corrected chi connectivity index (χ4v) is 3.43. The van der Waals surface area contributed by atoms with Gasteiger partial charge in [0.05, 0.1) is 6.04 Å². The third-order valence-corrected chi connectivity index (χ3v) is 5.32. The van der Waals surface area contributed by atoms with Gasteiger partial charge in [0, 0.05) is 42.9 Å². The van der Waals surface area contributed by atoms with Crippen LogP contribution in [0, 0.1) is 17.3 Å². The lowest BCUT2D eigenvalue weighted by Gasteiger charge is -2.26. The highest BCUT2D eigenvalue weighted by atomic mass is 16.2. The van der Waals surface area contributed by atoms with Gasteiger partial charge in [-0.3, -0.25) is 28.9 Å². The molecule has 0 bridgehead atoms. The maximum atomic E-state index is 12.7. The zero-order valence-electron chi connectivity index (χ0n) is 19.1. The molecule has 0 saturated heterocycles. The van der Waals surface area contributed by atoms with Gasteiger partial charge in [-0.05, 0) is 25.7 Å². The third kappa shape index (κ3) is 7.84. The van der Waals surface area contributed by atoms with Crippen molar-refractivity contribution in [2.45, 2.75) is 79.7 Å². The third-order valence-electron chi connectivity index (χ3n) is 5.32. The van der Waals surface area contributed by atoms with E-state index in [9.17, 15) is 24.0 Å². The van der Waals surface area contributed by atoms with Gasteiger partial charge in [0.2, 0.25) is 5.91 Å². The van der Waals surface area contributed by atoms with Crippen molar-refractivity contribution in [1.29, 1.82) is 0 Å². The van der Waals surface area contributed by atoms with Crippen molar-refractivity contribution < 1.29 is 24.0 Å². The van der Waals surface area contributed by atoms with Crippen LogP contribution in [0.5, 0.6) is 0 Å². The zero-order chi connectivity index (χ0) is 23.1. The number of unbranched alkanes of at least 4 members (excludes halogenated alkanes) is 2. The summed E-state index contributed by atoms with van der Waals surface area (Å²) >= 11 is 0. The largest absolute Gasteiger partial charge is 0.346 e. The predicted molar refractivity (Wildman–Crippen MR) is 114 cm³/mol. The van der Waals surface area contributed by atoms with Gasteiger partial charge in [0.15, 0.2) is 5.78 Å². The first kappa shape index (κ1) is 25.7. The van der Waals surface area contributed by atoms with Gasteiger partial charge in [-0.25, -0.2) is 0 Å². The van der Waals surface area contributed by atoms with E-state index in [1.165, 1.54) is 17.1 Å². The summed E-state index contributed by atoms with van der Waals surface area (Å²) in [5, 5.41) is 2.77. The minimum absolute atomic E-state index is 0.00800. The number of ketones is 2. The van der Waals surface area contributed by atoms with Gasteiger partial charge in [0.25, 0.3) is 11.8 Å². The van der Waals surface area contributed by atoms with Crippen LogP contribution in [0.1, 0.15) is 73.6 Å². The van der Waals surface area contributed by atoms with E-state index in [-0.39, 0.29) is 41.6 Å². The molecule has 0 saturated carbocycles. The average molecular weight is 421 g/mol. The highest BCUT2D eigenvalue weighted by molar-refractivity contribution is 6.12. The molecule has 2 unspecified atom stereocenters. The molecular formula is C23H36N2O5. The van der Waals surface area contributed by atoms with E-state index >= 15 is 0 Å². The molecule has 0 radical (unpaired) electrons. The molecule has 7 heteroatoms. The van der Waals surface area contributed by atoms with Crippen molar-refractivity contribution in [3.05, 3.63) is 12.2 Å². The SMILES string of the molecule is CC(NC(=O)C(CC(=O)CCCCCN1C(=O)C=CC1=O)C(C)C)C(=O)C(C)(C)C. The van der Waals surface area contributed by atoms with Gasteiger partial charge in [-0.1, -0.05) is 41.0 Å². The van der Waals surface area contributed by atoms with Gasteiger partial charge in [0.1, 0.15) is 5.78 Å². The van der Waals surface area contributed by atoms with Crippen LogP contribution in [0.2, 0.25) is 0 Å². The van der Waals surface area contributed by atoms with Crippen molar-refractivity contribution >= 4 is 29.3 Å². The number of imide groups is 1. The summed E-state index contributed by atoms with van der Waals surface area (Å²) in [7, 11) is 0. The monoisotopic (exact) mass is 420 g/mol. The number of carbonyl (C=O) groups is 5. The smallest absolute Gasteiger partial charge is 0.253 e. The maximum Gasteiger partial charge on any atom is 0.253 e. The van der Waals surface area contributed by atoms with Crippen LogP contribution in [0.3, 0.4) is 0 Å². The Balaban J connectivity index is 2.42. The minimum Gasteiger partial charge on any atom is -0.346 e. The molecule has 0 aromatic heterocycles.